The summed E-state index contributed by atoms with van der Waals surface area (Å²) in [6.45, 7) is 4.66. The minimum atomic E-state index is -3.45. The Hall–Kier alpha value is -1.14. The first kappa shape index (κ1) is 14.3. The molecule has 106 valence electrons. The van der Waals surface area contributed by atoms with Gasteiger partial charge in [-0.1, -0.05) is 6.42 Å². The monoisotopic (exact) mass is 283 g/mol. The molecule has 0 aromatic carbocycles. The molecule has 6 heteroatoms. The molecule has 1 aromatic heterocycles. The Morgan fingerprint density at radius 1 is 1.42 bits per heavy atom. The van der Waals surface area contributed by atoms with Crippen LogP contribution in [-0.2, 0) is 10.0 Å². The third kappa shape index (κ3) is 3.45. The van der Waals surface area contributed by atoms with E-state index in [0.717, 1.165) is 19.4 Å². The molecule has 2 rings (SSSR count). The first-order valence-corrected chi connectivity index (χ1v) is 8.23. The second-order valence-electron chi connectivity index (χ2n) is 5.01. The average Bonchev–Trinajstić information content (AvgIpc) is 2.27. The van der Waals surface area contributed by atoms with Crippen LogP contribution in [0, 0.1) is 5.92 Å². The maximum atomic E-state index is 12.2. The lowest BCUT2D eigenvalue weighted by molar-refractivity contribution is 0.260. The van der Waals surface area contributed by atoms with E-state index in [2.05, 4.69) is 15.0 Å². The molecule has 1 saturated carbocycles. The topological polar surface area (TPSA) is 71.1 Å². The van der Waals surface area contributed by atoms with Gasteiger partial charge in [-0.25, -0.2) is 18.1 Å². The summed E-state index contributed by atoms with van der Waals surface area (Å²) in [5.74, 6) is 1.16. The van der Waals surface area contributed by atoms with Gasteiger partial charge in [0.25, 0.3) is 0 Å². The quantitative estimate of drug-likeness (QED) is 0.837. The molecule has 0 aliphatic heterocycles. The van der Waals surface area contributed by atoms with E-state index in [0.29, 0.717) is 11.7 Å². The van der Waals surface area contributed by atoms with Gasteiger partial charge in [-0.3, -0.25) is 0 Å². The van der Waals surface area contributed by atoms with Crippen LogP contribution >= 0.6 is 0 Å². The summed E-state index contributed by atoms with van der Waals surface area (Å²) >= 11 is 0. The maximum Gasteiger partial charge on any atom is 0.242 e. The van der Waals surface area contributed by atoms with Gasteiger partial charge in [-0.2, -0.15) is 0 Å². The van der Waals surface area contributed by atoms with Gasteiger partial charge in [0, 0.05) is 18.8 Å². The number of pyridine rings is 1. The zero-order chi connectivity index (χ0) is 13.9. The van der Waals surface area contributed by atoms with E-state index in [1.165, 1.54) is 12.6 Å². The molecule has 1 unspecified atom stereocenters. The summed E-state index contributed by atoms with van der Waals surface area (Å²) in [5, 5.41) is 3.04. The molecule has 1 atom stereocenters. The fourth-order valence-electron chi connectivity index (χ4n) is 2.17. The molecule has 1 aromatic rings. The predicted molar refractivity (Wildman–Crippen MR) is 75.5 cm³/mol. The van der Waals surface area contributed by atoms with E-state index in [9.17, 15) is 8.42 Å². The predicted octanol–water partition coefficient (Wildman–Crippen LogP) is 1.98. The summed E-state index contributed by atoms with van der Waals surface area (Å²) in [6.07, 6.45) is 4.83. The molecule has 0 spiro atoms. The Kier molecular flexibility index (Phi) is 4.42. The standard InChI is InChI=1S/C13H21N3O2S/c1-3-14-13-8-7-12(9-15-13)19(17,18)16-10(2)11-5-4-6-11/h7-11,16H,3-6H2,1-2H3,(H,14,15). The van der Waals surface area contributed by atoms with E-state index < -0.39 is 10.0 Å². The number of hydrogen-bond acceptors (Lipinski definition) is 4. The van der Waals surface area contributed by atoms with Gasteiger partial charge in [0.2, 0.25) is 10.0 Å². The van der Waals surface area contributed by atoms with E-state index >= 15 is 0 Å². The van der Waals surface area contributed by atoms with Crippen LogP contribution in [0.2, 0.25) is 0 Å². The molecule has 5 nitrogen and oxygen atoms in total. The molecule has 0 saturated heterocycles. The smallest absolute Gasteiger partial charge is 0.242 e. The number of anilines is 1. The van der Waals surface area contributed by atoms with Crippen LogP contribution < -0.4 is 10.0 Å². The number of nitrogens with zero attached hydrogens (tertiary/aromatic N) is 1. The normalized spacial score (nSPS) is 17.8. The highest BCUT2D eigenvalue weighted by atomic mass is 32.2. The lowest BCUT2D eigenvalue weighted by Crippen LogP contribution is -2.40. The fraction of sp³-hybridized carbons (Fsp3) is 0.615. The summed E-state index contributed by atoms with van der Waals surface area (Å²) in [6, 6.07) is 3.26. The van der Waals surface area contributed by atoms with Gasteiger partial charge in [-0.15, -0.1) is 0 Å². The number of hydrogen-bond donors (Lipinski definition) is 2. The Labute approximate surface area is 114 Å². The molecule has 19 heavy (non-hydrogen) atoms. The van der Waals surface area contributed by atoms with Crippen molar-refractivity contribution in [2.75, 3.05) is 11.9 Å². The van der Waals surface area contributed by atoms with Gasteiger partial charge < -0.3 is 5.32 Å². The van der Waals surface area contributed by atoms with Crippen molar-refractivity contribution < 1.29 is 8.42 Å². The lowest BCUT2D eigenvalue weighted by atomic mass is 9.81. The maximum absolute atomic E-state index is 12.2. The molecule has 2 N–H and O–H groups in total. The summed E-state index contributed by atoms with van der Waals surface area (Å²) < 4.78 is 27.1. The van der Waals surface area contributed by atoms with Gasteiger partial charge in [-0.05, 0) is 44.7 Å². The SMILES string of the molecule is CCNc1ccc(S(=O)(=O)NC(C)C2CCC2)cn1. The van der Waals surface area contributed by atoms with Gasteiger partial charge in [0.05, 0.1) is 0 Å². The molecule has 0 radical (unpaired) electrons. The van der Waals surface area contributed by atoms with Crippen LogP contribution in [0.4, 0.5) is 5.82 Å². The van der Waals surface area contributed by atoms with Crippen molar-refractivity contribution in [2.24, 2.45) is 5.92 Å². The minimum Gasteiger partial charge on any atom is -0.370 e. The number of rotatable bonds is 6. The van der Waals surface area contributed by atoms with Crippen LogP contribution in [-0.4, -0.2) is 26.0 Å². The zero-order valence-electron chi connectivity index (χ0n) is 11.4. The van der Waals surface area contributed by atoms with Crippen LogP contribution in [0.3, 0.4) is 0 Å². The number of sulfonamides is 1. The van der Waals surface area contributed by atoms with Crippen LogP contribution in [0.25, 0.3) is 0 Å². The molecule has 1 heterocycles. The Morgan fingerprint density at radius 2 is 2.16 bits per heavy atom. The van der Waals surface area contributed by atoms with E-state index in [-0.39, 0.29) is 10.9 Å². The van der Waals surface area contributed by atoms with Crippen molar-refractivity contribution in [2.45, 2.75) is 44.0 Å². The second kappa shape index (κ2) is 5.88. The third-order valence-corrected chi connectivity index (χ3v) is 5.15. The Morgan fingerprint density at radius 3 is 2.63 bits per heavy atom. The second-order valence-corrected chi connectivity index (χ2v) is 6.72. The van der Waals surface area contributed by atoms with Crippen molar-refractivity contribution in [3.63, 3.8) is 0 Å². The first-order chi connectivity index (χ1) is 9.03. The van der Waals surface area contributed by atoms with E-state index in [1.54, 1.807) is 12.1 Å². The van der Waals surface area contributed by atoms with Crippen molar-refractivity contribution in [1.29, 1.82) is 0 Å². The highest BCUT2D eigenvalue weighted by Gasteiger charge is 2.27. The van der Waals surface area contributed by atoms with E-state index in [1.807, 2.05) is 13.8 Å². The minimum absolute atomic E-state index is 0.00723. The van der Waals surface area contributed by atoms with Crippen LogP contribution in [0.15, 0.2) is 23.2 Å². The highest BCUT2D eigenvalue weighted by Crippen LogP contribution is 2.30. The third-order valence-electron chi connectivity index (χ3n) is 3.60. The average molecular weight is 283 g/mol. The van der Waals surface area contributed by atoms with E-state index in [4.69, 9.17) is 0 Å². The van der Waals surface area contributed by atoms with Gasteiger partial charge in [0.1, 0.15) is 10.7 Å². The number of nitrogens with one attached hydrogen (secondary N) is 2. The molecule has 1 fully saturated rings. The first-order valence-electron chi connectivity index (χ1n) is 6.75. The van der Waals surface area contributed by atoms with Crippen molar-refractivity contribution >= 4 is 15.8 Å². The fourth-order valence-corrected chi connectivity index (χ4v) is 3.43. The summed E-state index contributed by atoms with van der Waals surface area (Å²) in [7, 11) is -3.45. The summed E-state index contributed by atoms with van der Waals surface area (Å²) in [4.78, 5) is 4.31. The van der Waals surface area contributed by atoms with Gasteiger partial charge >= 0.3 is 0 Å². The van der Waals surface area contributed by atoms with Crippen molar-refractivity contribution in [3.05, 3.63) is 18.3 Å². The molecule has 0 bridgehead atoms. The Bertz CT molecular complexity index is 509. The highest BCUT2D eigenvalue weighted by molar-refractivity contribution is 7.89. The zero-order valence-corrected chi connectivity index (χ0v) is 12.2. The molecular weight excluding hydrogens is 262 g/mol. The Balaban J connectivity index is 2.05. The molecule has 1 aliphatic carbocycles. The van der Waals surface area contributed by atoms with Gasteiger partial charge in [0.15, 0.2) is 0 Å². The largest absolute Gasteiger partial charge is 0.370 e. The lowest BCUT2D eigenvalue weighted by Gasteiger charge is -2.31. The number of aromatic nitrogens is 1. The molecule has 1 aliphatic rings. The summed E-state index contributed by atoms with van der Waals surface area (Å²) in [5.41, 5.74) is 0. The molecule has 0 amide bonds. The van der Waals surface area contributed by atoms with Crippen molar-refractivity contribution in [1.82, 2.24) is 9.71 Å². The van der Waals surface area contributed by atoms with Crippen LogP contribution in [0.5, 0.6) is 0 Å². The van der Waals surface area contributed by atoms with Crippen LogP contribution in [0.1, 0.15) is 33.1 Å². The van der Waals surface area contributed by atoms with Crippen molar-refractivity contribution in [3.8, 4) is 0 Å². The molecular formula is C13H21N3O2S.